The van der Waals surface area contributed by atoms with Crippen molar-refractivity contribution in [3.05, 3.63) is 12.7 Å². The van der Waals surface area contributed by atoms with E-state index in [0.717, 1.165) is 6.42 Å². The average Bonchev–Trinajstić information content (AvgIpc) is 2.43. The van der Waals surface area contributed by atoms with Crippen LogP contribution in [0.1, 0.15) is 96.8 Å². The zero-order chi connectivity index (χ0) is 14.2. The molecule has 0 aliphatic carbocycles. The maximum absolute atomic E-state index is 5.99. The van der Waals surface area contributed by atoms with E-state index in [2.05, 4.69) is 13.5 Å². The van der Waals surface area contributed by atoms with Crippen LogP contribution in [0.15, 0.2) is 12.7 Å². The number of alkyl halides is 1. The molecule has 0 bridgehead atoms. The van der Waals surface area contributed by atoms with Crippen LogP contribution in [0.25, 0.3) is 0 Å². The maximum atomic E-state index is 5.99. The molecule has 0 spiro atoms. The molecule has 0 aromatic rings. The molecule has 0 fully saturated rings. The highest BCUT2D eigenvalue weighted by molar-refractivity contribution is 6.21. The number of halogens is 1. The third kappa shape index (κ3) is 16.0. The highest BCUT2D eigenvalue weighted by atomic mass is 35.5. The Labute approximate surface area is 127 Å². The Bertz CT molecular complexity index is 177. The van der Waals surface area contributed by atoms with Crippen LogP contribution in [0.3, 0.4) is 0 Å². The molecule has 0 saturated heterocycles. The van der Waals surface area contributed by atoms with E-state index in [9.17, 15) is 0 Å². The van der Waals surface area contributed by atoms with Gasteiger partial charge in [-0.05, 0) is 6.42 Å². The van der Waals surface area contributed by atoms with E-state index in [0.29, 0.717) is 0 Å². The summed E-state index contributed by atoms with van der Waals surface area (Å²) in [6.07, 6.45) is 21.3. The number of allylic oxidation sites excluding steroid dienone is 1. The van der Waals surface area contributed by atoms with Gasteiger partial charge in [0, 0.05) is 0 Å². The Balaban J connectivity index is 2.97. The molecule has 1 heteroatoms. The second kappa shape index (κ2) is 16.1. The summed E-state index contributed by atoms with van der Waals surface area (Å²) in [5, 5.41) is 0.188. The maximum Gasteiger partial charge on any atom is 0.0513 e. The fraction of sp³-hybridized carbons (Fsp3) is 0.889. The summed E-state index contributed by atoms with van der Waals surface area (Å²) in [5.74, 6) is 0. The molecule has 0 aliphatic rings. The van der Waals surface area contributed by atoms with Crippen LogP contribution in [0.2, 0.25) is 0 Å². The first kappa shape index (κ1) is 19.0. The van der Waals surface area contributed by atoms with Gasteiger partial charge >= 0.3 is 0 Å². The van der Waals surface area contributed by atoms with Gasteiger partial charge in [0.05, 0.1) is 5.38 Å². The van der Waals surface area contributed by atoms with E-state index < -0.39 is 0 Å². The molecule has 0 radical (unpaired) electrons. The Morgan fingerprint density at radius 1 is 0.737 bits per heavy atom. The van der Waals surface area contributed by atoms with Crippen molar-refractivity contribution in [3.63, 3.8) is 0 Å². The molecule has 0 aliphatic heterocycles. The third-order valence-corrected chi connectivity index (χ3v) is 4.24. The third-order valence-electron chi connectivity index (χ3n) is 3.84. The van der Waals surface area contributed by atoms with Crippen LogP contribution in [0.5, 0.6) is 0 Å². The van der Waals surface area contributed by atoms with Gasteiger partial charge in [0.1, 0.15) is 0 Å². The van der Waals surface area contributed by atoms with Crippen LogP contribution in [-0.2, 0) is 0 Å². The predicted molar refractivity (Wildman–Crippen MR) is 90.2 cm³/mol. The van der Waals surface area contributed by atoms with Crippen molar-refractivity contribution in [3.8, 4) is 0 Å². The van der Waals surface area contributed by atoms with Gasteiger partial charge in [0.15, 0.2) is 0 Å². The highest BCUT2D eigenvalue weighted by Gasteiger charge is 1.98. The zero-order valence-corrected chi connectivity index (χ0v) is 13.9. The zero-order valence-electron chi connectivity index (χ0n) is 13.1. The van der Waals surface area contributed by atoms with E-state index >= 15 is 0 Å². The first-order valence-electron chi connectivity index (χ1n) is 8.58. The van der Waals surface area contributed by atoms with Crippen molar-refractivity contribution in [2.45, 2.75) is 102 Å². The van der Waals surface area contributed by atoms with Crippen molar-refractivity contribution in [2.75, 3.05) is 0 Å². The lowest BCUT2D eigenvalue weighted by Crippen LogP contribution is -1.92. The fourth-order valence-corrected chi connectivity index (χ4v) is 2.63. The molecule has 0 aromatic carbocycles. The molecule has 0 N–H and O–H groups in total. The minimum atomic E-state index is 0.188. The molecule has 0 saturated carbocycles. The number of rotatable bonds is 15. The van der Waals surface area contributed by atoms with Gasteiger partial charge in [0.2, 0.25) is 0 Å². The lowest BCUT2D eigenvalue weighted by Gasteiger charge is -2.04. The molecule has 19 heavy (non-hydrogen) atoms. The van der Waals surface area contributed by atoms with Crippen LogP contribution in [0.4, 0.5) is 0 Å². The van der Waals surface area contributed by atoms with E-state index in [1.54, 1.807) is 0 Å². The normalized spacial score (nSPS) is 12.5. The van der Waals surface area contributed by atoms with Gasteiger partial charge in [-0.15, -0.1) is 18.2 Å². The smallest absolute Gasteiger partial charge is 0.0513 e. The lowest BCUT2D eigenvalue weighted by molar-refractivity contribution is 0.536. The molecule has 0 nitrogen and oxygen atoms in total. The summed E-state index contributed by atoms with van der Waals surface area (Å²) in [6.45, 7) is 5.99. The summed E-state index contributed by atoms with van der Waals surface area (Å²) >= 11 is 5.99. The van der Waals surface area contributed by atoms with Crippen LogP contribution in [-0.4, -0.2) is 5.38 Å². The second-order valence-corrected chi connectivity index (χ2v) is 6.34. The second-order valence-electron chi connectivity index (χ2n) is 5.78. The molecule has 0 aromatic heterocycles. The molecule has 114 valence electrons. The van der Waals surface area contributed by atoms with Gasteiger partial charge in [-0.1, -0.05) is 96.5 Å². The van der Waals surface area contributed by atoms with Gasteiger partial charge in [-0.25, -0.2) is 0 Å². The molecular weight excluding hydrogens is 252 g/mol. The minimum absolute atomic E-state index is 0.188. The Kier molecular flexibility index (Phi) is 16.1. The Morgan fingerprint density at radius 2 is 1.11 bits per heavy atom. The number of unbranched alkanes of at least 4 members (excludes halogenated alkanes) is 12. The molecule has 0 heterocycles. The topological polar surface area (TPSA) is 0 Å². The van der Waals surface area contributed by atoms with Crippen LogP contribution in [0, 0.1) is 0 Å². The largest absolute Gasteiger partial charge is 0.118 e. The Morgan fingerprint density at radius 3 is 1.47 bits per heavy atom. The highest BCUT2D eigenvalue weighted by Crippen LogP contribution is 2.14. The van der Waals surface area contributed by atoms with E-state index in [4.69, 9.17) is 11.6 Å². The van der Waals surface area contributed by atoms with Crippen molar-refractivity contribution in [2.24, 2.45) is 0 Å². The summed E-state index contributed by atoms with van der Waals surface area (Å²) in [7, 11) is 0. The number of hydrogen-bond donors (Lipinski definition) is 0. The average molecular weight is 287 g/mol. The van der Waals surface area contributed by atoms with Gasteiger partial charge in [-0.3, -0.25) is 0 Å². The summed E-state index contributed by atoms with van der Waals surface area (Å²) in [6, 6.07) is 0. The van der Waals surface area contributed by atoms with E-state index in [-0.39, 0.29) is 5.38 Å². The van der Waals surface area contributed by atoms with Crippen molar-refractivity contribution in [1.29, 1.82) is 0 Å². The first-order chi connectivity index (χ1) is 9.31. The van der Waals surface area contributed by atoms with Crippen molar-refractivity contribution in [1.82, 2.24) is 0 Å². The van der Waals surface area contributed by atoms with Gasteiger partial charge < -0.3 is 0 Å². The minimum Gasteiger partial charge on any atom is -0.118 e. The molecule has 1 atom stereocenters. The van der Waals surface area contributed by atoms with Crippen molar-refractivity contribution < 1.29 is 0 Å². The molecular formula is C18H35Cl. The lowest BCUT2D eigenvalue weighted by atomic mass is 10.0. The van der Waals surface area contributed by atoms with E-state index in [1.165, 1.54) is 83.5 Å². The van der Waals surface area contributed by atoms with Crippen LogP contribution >= 0.6 is 11.6 Å². The summed E-state index contributed by atoms with van der Waals surface area (Å²) < 4.78 is 0. The summed E-state index contributed by atoms with van der Waals surface area (Å²) in [4.78, 5) is 0. The standard InChI is InChI=1S/C18H35Cl/c1-3-5-6-7-8-9-10-11-12-13-14-15-16-17-18(19)4-2/h4,18H,2-3,5-17H2,1H3. The summed E-state index contributed by atoms with van der Waals surface area (Å²) in [5.41, 5.74) is 0. The molecule has 1 unspecified atom stereocenters. The SMILES string of the molecule is C=CC(Cl)CCCCCCCCCCCCCCC. The first-order valence-corrected chi connectivity index (χ1v) is 9.01. The fourth-order valence-electron chi connectivity index (χ4n) is 2.47. The predicted octanol–water partition coefficient (Wildman–Crippen LogP) is 7.26. The van der Waals surface area contributed by atoms with E-state index in [1.807, 2.05) is 6.08 Å². The number of hydrogen-bond acceptors (Lipinski definition) is 0. The van der Waals surface area contributed by atoms with Gasteiger partial charge in [0.25, 0.3) is 0 Å². The van der Waals surface area contributed by atoms with Crippen molar-refractivity contribution >= 4 is 11.6 Å². The quantitative estimate of drug-likeness (QED) is 0.169. The van der Waals surface area contributed by atoms with Gasteiger partial charge in [-0.2, -0.15) is 0 Å². The molecule has 0 rings (SSSR count). The monoisotopic (exact) mass is 286 g/mol. The molecule has 0 amide bonds. The Hall–Kier alpha value is 0.0300. The van der Waals surface area contributed by atoms with Crippen LogP contribution < -0.4 is 0 Å².